The maximum atomic E-state index is 11.9. The number of guanidine groups is 1. The number of nitrogens with one attached hydrogen (secondary N) is 2. The van der Waals surface area contributed by atoms with Crippen LogP contribution in [0.25, 0.3) is 5.69 Å². The minimum absolute atomic E-state index is 0.0330. The highest BCUT2D eigenvalue weighted by Crippen LogP contribution is 2.25. The molecule has 1 aromatic heterocycles. The Morgan fingerprint density at radius 3 is 2.60 bits per heavy atom. The number of aliphatic imine (C=N–C) groups is 1. The molecule has 1 aliphatic rings. The van der Waals surface area contributed by atoms with Gasteiger partial charge in [0, 0.05) is 25.3 Å². The number of benzene rings is 1. The van der Waals surface area contributed by atoms with Gasteiger partial charge >= 0.3 is 5.97 Å². The summed E-state index contributed by atoms with van der Waals surface area (Å²) < 4.78 is 7.15. The van der Waals surface area contributed by atoms with Gasteiger partial charge in [-0.2, -0.15) is 5.10 Å². The Labute approximate surface area is 178 Å². The summed E-state index contributed by atoms with van der Waals surface area (Å²) in [6, 6.07) is 10.7. The lowest BCUT2D eigenvalue weighted by Gasteiger charge is -2.29. The molecular weight excluding hydrogens is 378 g/mol. The van der Waals surface area contributed by atoms with Crippen molar-refractivity contribution in [2.45, 2.75) is 59.0 Å². The van der Waals surface area contributed by atoms with Crippen molar-refractivity contribution in [2.75, 3.05) is 13.7 Å². The lowest BCUT2D eigenvalue weighted by atomic mass is 9.86. The molecule has 1 aromatic carbocycles. The number of carbonyl (C=O) groups is 1. The average molecular weight is 412 g/mol. The number of nitrogens with zero attached hydrogens (tertiary/aromatic N) is 3. The Hall–Kier alpha value is -2.83. The average Bonchev–Trinajstić information content (AvgIpc) is 3.09. The summed E-state index contributed by atoms with van der Waals surface area (Å²) in [6.45, 7) is 7.02. The van der Waals surface area contributed by atoms with E-state index in [2.05, 4.69) is 45.8 Å². The number of para-hydroxylation sites is 1. The van der Waals surface area contributed by atoms with Crippen LogP contribution in [0.5, 0.6) is 0 Å². The van der Waals surface area contributed by atoms with Gasteiger partial charge in [0.2, 0.25) is 0 Å². The van der Waals surface area contributed by atoms with Gasteiger partial charge in [0.05, 0.1) is 23.9 Å². The molecule has 2 N–H and O–H groups in total. The van der Waals surface area contributed by atoms with Gasteiger partial charge in [-0.1, -0.05) is 18.2 Å². The van der Waals surface area contributed by atoms with Gasteiger partial charge < -0.3 is 15.4 Å². The van der Waals surface area contributed by atoms with Crippen molar-refractivity contribution in [1.82, 2.24) is 20.4 Å². The molecule has 0 spiro atoms. The monoisotopic (exact) mass is 411 g/mol. The minimum Gasteiger partial charge on any atom is -0.466 e. The summed E-state index contributed by atoms with van der Waals surface area (Å²) in [5.74, 6) is 0.752. The number of hydrogen-bond donors (Lipinski definition) is 2. The molecule has 7 nitrogen and oxygen atoms in total. The van der Waals surface area contributed by atoms with E-state index in [4.69, 9.17) is 4.74 Å². The third kappa shape index (κ3) is 5.40. The van der Waals surface area contributed by atoms with Crippen LogP contribution in [0.15, 0.2) is 35.3 Å². The van der Waals surface area contributed by atoms with Crippen molar-refractivity contribution >= 4 is 11.9 Å². The van der Waals surface area contributed by atoms with Crippen LogP contribution in [0.2, 0.25) is 0 Å². The third-order valence-electron chi connectivity index (χ3n) is 5.59. The van der Waals surface area contributed by atoms with Gasteiger partial charge in [-0.25, -0.2) is 4.68 Å². The number of ether oxygens (including phenoxy) is 1. The first-order chi connectivity index (χ1) is 14.5. The quantitative estimate of drug-likeness (QED) is 0.433. The summed E-state index contributed by atoms with van der Waals surface area (Å²) in [5, 5.41) is 11.6. The van der Waals surface area contributed by atoms with Crippen molar-refractivity contribution in [1.29, 1.82) is 0 Å². The fourth-order valence-corrected chi connectivity index (χ4v) is 4.04. The summed E-state index contributed by atoms with van der Waals surface area (Å²) >= 11 is 0. The van der Waals surface area contributed by atoms with E-state index in [-0.39, 0.29) is 11.9 Å². The van der Waals surface area contributed by atoms with Crippen molar-refractivity contribution in [2.24, 2.45) is 10.9 Å². The van der Waals surface area contributed by atoms with E-state index in [1.807, 2.05) is 30.7 Å². The molecule has 1 heterocycles. The Balaban J connectivity index is 1.57. The number of aryl methyl sites for hydroxylation is 2. The zero-order chi connectivity index (χ0) is 21.5. The molecule has 0 bridgehead atoms. The molecule has 0 atom stereocenters. The van der Waals surface area contributed by atoms with Gasteiger partial charge in [0.25, 0.3) is 0 Å². The van der Waals surface area contributed by atoms with Gasteiger partial charge in [0.1, 0.15) is 0 Å². The van der Waals surface area contributed by atoms with E-state index in [1.165, 1.54) is 0 Å². The summed E-state index contributed by atoms with van der Waals surface area (Å²) in [7, 11) is 1.78. The van der Waals surface area contributed by atoms with Crippen LogP contribution in [0, 0.1) is 19.8 Å². The van der Waals surface area contributed by atoms with Gasteiger partial charge in [-0.3, -0.25) is 9.79 Å². The zero-order valence-corrected chi connectivity index (χ0v) is 18.4. The first kappa shape index (κ1) is 21.9. The smallest absolute Gasteiger partial charge is 0.308 e. The number of aromatic nitrogens is 2. The van der Waals surface area contributed by atoms with E-state index >= 15 is 0 Å². The predicted molar refractivity (Wildman–Crippen MR) is 119 cm³/mol. The molecule has 0 saturated heterocycles. The van der Waals surface area contributed by atoms with Crippen molar-refractivity contribution < 1.29 is 9.53 Å². The summed E-state index contributed by atoms with van der Waals surface area (Å²) in [5.41, 5.74) is 4.34. The Kier molecular flexibility index (Phi) is 7.49. The minimum atomic E-state index is -0.0563. The lowest BCUT2D eigenvalue weighted by Crippen LogP contribution is -2.45. The van der Waals surface area contributed by atoms with Gasteiger partial charge in [-0.15, -0.1) is 0 Å². The van der Waals surface area contributed by atoms with E-state index in [0.717, 1.165) is 54.3 Å². The molecule has 1 aliphatic carbocycles. The SMILES string of the molecule is CCOC(=O)C1CCC(NC(=NC)NCc2ccccc2-n2nc(C)cc2C)CC1. The molecule has 162 valence electrons. The first-order valence-electron chi connectivity index (χ1n) is 10.8. The number of hydrogen-bond acceptors (Lipinski definition) is 4. The second-order valence-electron chi connectivity index (χ2n) is 7.84. The molecule has 0 amide bonds. The number of carbonyl (C=O) groups excluding carboxylic acids is 1. The molecular formula is C23H33N5O2. The fraction of sp³-hybridized carbons (Fsp3) is 0.522. The third-order valence-corrected chi connectivity index (χ3v) is 5.59. The normalized spacial score (nSPS) is 19.4. The highest BCUT2D eigenvalue weighted by Gasteiger charge is 2.27. The number of esters is 1. The Morgan fingerprint density at radius 2 is 1.97 bits per heavy atom. The molecule has 3 rings (SSSR count). The Bertz CT molecular complexity index is 881. The first-order valence-corrected chi connectivity index (χ1v) is 10.8. The highest BCUT2D eigenvalue weighted by molar-refractivity contribution is 5.80. The zero-order valence-electron chi connectivity index (χ0n) is 18.4. The van der Waals surface area contributed by atoms with E-state index in [9.17, 15) is 4.79 Å². The highest BCUT2D eigenvalue weighted by atomic mass is 16.5. The second kappa shape index (κ2) is 10.3. The molecule has 0 aliphatic heterocycles. The van der Waals surface area contributed by atoms with Crippen LogP contribution in [-0.2, 0) is 16.1 Å². The lowest BCUT2D eigenvalue weighted by molar-refractivity contribution is -0.149. The van der Waals surface area contributed by atoms with Crippen LogP contribution < -0.4 is 10.6 Å². The van der Waals surface area contributed by atoms with Crippen LogP contribution in [-0.4, -0.2) is 41.4 Å². The topological polar surface area (TPSA) is 80.5 Å². The van der Waals surface area contributed by atoms with Gasteiger partial charge in [-0.05, 0) is 64.2 Å². The maximum Gasteiger partial charge on any atom is 0.308 e. The molecule has 30 heavy (non-hydrogen) atoms. The van der Waals surface area contributed by atoms with Crippen LogP contribution >= 0.6 is 0 Å². The van der Waals surface area contributed by atoms with Crippen LogP contribution in [0.1, 0.15) is 49.6 Å². The van der Waals surface area contributed by atoms with Crippen molar-refractivity contribution in [3.8, 4) is 5.69 Å². The molecule has 1 saturated carbocycles. The van der Waals surface area contributed by atoms with Crippen LogP contribution in [0.4, 0.5) is 0 Å². The fourth-order valence-electron chi connectivity index (χ4n) is 4.04. The summed E-state index contributed by atoms with van der Waals surface area (Å²) in [6.07, 6.45) is 3.58. The van der Waals surface area contributed by atoms with E-state index in [0.29, 0.717) is 19.2 Å². The molecule has 0 unspecified atom stereocenters. The predicted octanol–water partition coefficient (Wildman–Crippen LogP) is 3.28. The number of rotatable bonds is 6. The van der Waals surface area contributed by atoms with Gasteiger partial charge in [0.15, 0.2) is 5.96 Å². The van der Waals surface area contributed by atoms with E-state index < -0.39 is 0 Å². The standard InChI is InChI=1S/C23H33N5O2/c1-5-30-22(29)18-10-12-20(13-11-18)26-23(24-4)25-15-19-8-6-7-9-21(19)28-17(3)14-16(2)27-28/h6-9,14,18,20H,5,10-13,15H2,1-4H3,(H2,24,25,26). The molecule has 7 heteroatoms. The second-order valence-corrected chi connectivity index (χ2v) is 7.84. The molecule has 2 aromatic rings. The maximum absolute atomic E-state index is 11.9. The Morgan fingerprint density at radius 1 is 1.23 bits per heavy atom. The van der Waals surface area contributed by atoms with Crippen molar-refractivity contribution in [3.05, 3.63) is 47.3 Å². The molecule has 0 radical (unpaired) electrons. The largest absolute Gasteiger partial charge is 0.466 e. The molecule has 1 fully saturated rings. The summed E-state index contributed by atoms with van der Waals surface area (Å²) in [4.78, 5) is 16.3. The van der Waals surface area contributed by atoms with E-state index in [1.54, 1.807) is 7.05 Å². The van der Waals surface area contributed by atoms with Crippen molar-refractivity contribution in [3.63, 3.8) is 0 Å². The van der Waals surface area contributed by atoms with Crippen LogP contribution in [0.3, 0.4) is 0 Å².